The van der Waals surface area contributed by atoms with Crippen LogP contribution in [0.3, 0.4) is 0 Å². The third kappa shape index (κ3) is 13.7. The molecule has 2 heterocycles. The molecule has 3 aromatic rings. The average Bonchev–Trinajstić information content (AvgIpc) is 3.47. The van der Waals surface area contributed by atoms with Crippen LogP contribution < -0.4 is 26.4 Å². The van der Waals surface area contributed by atoms with Gasteiger partial charge in [-0.3, -0.25) is 4.79 Å². The summed E-state index contributed by atoms with van der Waals surface area (Å²) < 4.78 is 83.9. The molecule has 5 N–H and O–H groups in total. The Kier molecular flexibility index (Phi) is 16.9. The van der Waals surface area contributed by atoms with Gasteiger partial charge in [0.1, 0.15) is 18.5 Å². The quantitative estimate of drug-likeness (QED) is 0.0723. The smallest absolute Gasteiger partial charge is 0.406 e. The van der Waals surface area contributed by atoms with Gasteiger partial charge in [-0.05, 0) is 55.8 Å². The molecule has 0 spiro atoms. The molecule has 0 unspecified atom stereocenters. The van der Waals surface area contributed by atoms with Crippen LogP contribution >= 0.6 is 0 Å². The van der Waals surface area contributed by atoms with Crippen LogP contribution in [0.1, 0.15) is 22.5 Å². The monoisotopic (exact) mass is 750 g/mol. The van der Waals surface area contributed by atoms with Crippen LogP contribution in [0.2, 0.25) is 0 Å². The summed E-state index contributed by atoms with van der Waals surface area (Å²) in [6.45, 7) is 4.07. The molecule has 0 bridgehead atoms. The van der Waals surface area contributed by atoms with Crippen molar-refractivity contribution in [1.82, 2.24) is 14.8 Å². The van der Waals surface area contributed by atoms with Crippen LogP contribution in [-0.4, -0.2) is 134 Å². The fourth-order valence-electron chi connectivity index (χ4n) is 5.72. The summed E-state index contributed by atoms with van der Waals surface area (Å²) in [4.78, 5) is 14.6. The Hall–Kier alpha value is -4.11. The number of nitrogens with one attached hydrogen (secondary N) is 3. The Morgan fingerprint density at radius 1 is 0.962 bits per heavy atom. The van der Waals surface area contributed by atoms with E-state index in [-0.39, 0.29) is 24.7 Å². The zero-order valence-corrected chi connectivity index (χ0v) is 30.2. The number of likely N-dealkylation sites (tertiary alicyclic amines) is 1. The van der Waals surface area contributed by atoms with Crippen molar-refractivity contribution in [3.63, 3.8) is 0 Å². The first-order valence-corrected chi connectivity index (χ1v) is 17.6. The van der Waals surface area contributed by atoms with Crippen molar-refractivity contribution < 1.29 is 46.0 Å². The number of nitrogens with two attached hydrogens (primary N) is 1. The molecule has 12 nitrogen and oxygen atoms in total. The Balaban J connectivity index is 1.27. The van der Waals surface area contributed by atoms with Crippen molar-refractivity contribution in [3.8, 4) is 17.6 Å². The highest BCUT2D eigenvalue weighted by molar-refractivity contribution is 5.95. The Morgan fingerprint density at radius 3 is 2.32 bits per heavy atom. The second-order valence-corrected chi connectivity index (χ2v) is 12.4. The van der Waals surface area contributed by atoms with Crippen LogP contribution in [-0.2, 0) is 25.5 Å². The number of anilines is 2. The lowest BCUT2D eigenvalue weighted by molar-refractivity contribution is -0.140. The lowest BCUT2D eigenvalue weighted by Crippen LogP contribution is -2.46. The molecule has 0 aliphatic carbocycles. The van der Waals surface area contributed by atoms with Crippen molar-refractivity contribution in [2.24, 2.45) is 5.73 Å². The molecule has 2 aromatic carbocycles. The molecule has 16 heteroatoms. The number of hydrogen-bond donors (Lipinski definition) is 4. The number of piperidine rings is 1. The minimum absolute atomic E-state index is 0.0813. The lowest BCUT2D eigenvalue weighted by Gasteiger charge is -2.33. The lowest BCUT2D eigenvalue weighted by atomic mass is 10.0. The average molecular weight is 751 g/mol. The molecule has 0 radical (unpaired) electrons. The summed E-state index contributed by atoms with van der Waals surface area (Å²) in [5.74, 6) is 5.85. The molecule has 1 amide bonds. The van der Waals surface area contributed by atoms with Gasteiger partial charge in [0.15, 0.2) is 0 Å². The molecule has 1 aromatic heterocycles. The summed E-state index contributed by atoms with van der Waals surface area (Å²) in [6, 6.07) is 11.0. The maximum absolute atomic E-state index is 14.8. The number of nitrogens with zero attached hydrogens (tertiary/aromatic N) is 2. The highest BCUT2D eigenvalue weighted by Gasteiger charge is 2.31. The molecule has 1 aliphatic rings. The number of alkyl halides is 4. The SMILES string of the molecule is COc1cc(C(=O)NCCOCCOCCOCCOCCN)ccc1NCC#Cc1cc2c(N[C@@H]3CCN(C)C[C@@H]3F)cccc2n1CC(F)(F)F. The molecule has 0 saturated carbocycles. The predicted molar refractivity (Wildman–Crippen MR) is 195 cm³/mol. The largest absolute Gasteiger partial charge is 0.495 e. The highest BCUT2D eigenvalue weighted by atomic mass is 19.4. The number of ether oxygens (including phenoxy) is 5. The van der Waals surface area contributed by atoms with E-state index in [1.54, 1.807) is 42.5 Å². The van der Waals surface area contributed by atoms with Crippen LogP contribution in [0, 0.1) is 11.8 Å². The van der Waals surface area contributed by atoms with Gasteiger partial charge in [0.05, 0.1) is 89.4 Å². The fourth-order valence-corrected chi connectivity index (χ4v) is 5.72. The first-order chi connectivity index (χ1) is 25.6. The topological polar surface area (TPSA) is 134 Å². The number of benzene rings is 2. The molecule has 53 heavy (non-hydrogen) atoms. The van der Waals surface area contributed by atoms with E-state index in [2.05, 4.69) is 27.8 Å². The number of amides is 1. The second-order valence-electron chi connectivity index (χ2n) is 12.4. The number of halogens is 4. The minimum atomic E-state index is -4.48. The van der Waals surface area contributed by atoms with Gasteiger partial charge in [0.2, 0.25) is 0 Å². The van der Waals surface area contributed by atoms with Crippen molar-refractivity contribution >= 4 is 28.2 Å². The highest BCUT2D eigenvalue weighted by Crippen LogP contribution is 2.32. The standard InChI is InChI=1S/C37H50F4N6O6/c1-46-14-10-32(30(38)25-46)45-31-6-3-7-34-29(31)24-28(47(34)26-37(39,40)41)5-4-12-43-33-9-8-27(23-35(33)49-2)36(48)44-13-16-51-18-20-53-22-21-52-19-17-50-15-11-42/h3,6-9,23-24,30,32,43,45H,10-22,25-26,42H2,1-2H3,(H,44,48)/t30-,32+/m0/s1. The van der Waals surface area contributed by atoms with Gasteiger partial charge in [-0.2, -0.15) is 13.2 Å². The van der Waals surface area contributed by atoms with Gasteiger partial charge in [0.25, 0.3) is 5.91 Å². The Labute approximate surface area is 307 Å². The molecule has 292 valence electrons. The minimum Gasteiger partial charge on any atom is -0.495 e. The summed E-state index contributed by atoms with van der Waals surface area (Å²) in [7, 11) is 3.32. The van der Waals surface area contributed by atoms with Gasteiger partial charge in [-0.15, -0.1) is 0 Å². The van der Waals surface area contributed by atoms with E-state index in [4.69, 9.17) is 29.4 Å². The molecule has 4 rings (SSSR count). The van der Waals surface area contributed by atoms with Gasteiger partial charge >= 0.3 is 6.18 Å². The van der Waals surface area contributed by atoms with E-state index < -0.39 is 24.9 Å². The van der Waals surface area contributed by atoms with Crippen LogP contribution in [0.25, 0.3) is 10.9 Å². The van der Waals surface area contributed by atoms with E-state index in [9.17, 15) is 22.4 Å². The predicted octanol–water partition coefficient (Wildman–Crippen LogP) is 3.88. The third-order valence-electron chi connectivity index (χ3n) is 8.33. The second kappa shape index (κ2) is 21.6. The zero-order chi connectivity index (χ0) is 38.1. The van der Waals surface area contributed by atoms with E-state index in [1.165, 1.54) is 7.11 Å². The third-order valence-corrected chi connectivity index (χ3v) is 8.33. The van der Waals surface area contributed by atoms with Crippen molar-refractivity contribution in [2.45, 2.75) is 31.4 Å². The van der Waals surface area contributed by atoms with Gasteiger partial charge in [-0.25, -0.2) is 4.39 Å². The maximum atomic E-state index is 14.8. The number of hydrogen-bond acceptors (Lipinski definition) is 10. The molecular weight excluding hydrogens is 700 g/mol. The molecule has 1 aliphatic heterocycles. The number of carbonyl (C=O) groups is 1. The number of aromatic nitrogens is 1. The Morgan fingerprint density at radius 2 is 1.66 bits per heavy atom. The van der Waals surface area contributed by atoms with Gasteiger partial charge in [-0.1, -0.05) is 12.0 Å². The normalized spacial score (nSPS) is 16.3. The Bertz CT molecular complexity index is 1650. The van der Waals surface area contributed by atoms with E-state index >= 15 is 0 Å². The van der Waals surface area contributed by atoms with Crippen molar-refractivity contribution in [1.29, 1.82) is 0 Å². The van der Waals surface area contributed by atoms with Crippen LogP contribution in [0.5, 0.6) is 5.75 Å². The van der Waals surface area contributed by atoms with Crippen molar-refractivity contribution in [2.75, 3.05) is 110 Å². The van der Waals surface area contributed by atoms with E-state index in [1.807, 2.05) is 11.9 Å². The summed E-state index contributed by atoms with van der Waals surface area (Å²) in [5, 5.41) is 9.66. The molecular formula is C37H50F4N6O6. The zero-order valence-electron chi connectivity index (χ0n) is 30.2. The molecule has 1 saturated heterocycles. The summed E-state index contributed by atoms with van der Waals surface area (Å²) in [5.41, 5.74) is 7.35. The number of rotatable bonds is 21. The van der Waals surface area contributed by atoms with E-state index in [0.717, 1.165) is 4.57 Å². The number of methoxy groups -OCH3 is 1. The number of carbonyl (C=O) groups excluding carboxylic acids is 1. The first-order valence-electron chi connectivity index (χ1n) is 17.6. The maximum Gasteiger partial charge on any atom is 0.406 e. The van der Waals surface area contributed by atoms with Crippen LogP contribution in [0.4, 0.5) is 28.9 Å². The molecule has 1 fully saturated rings. The summed E-state index contributed by atoms with van der Waals surface area (Å²) in [6.07, 6.45) is -5.02. The van der Waals surface area contributed by atoms with Crippen molar-refractivity contribution in [3.05, 3.63) is 53.7 Å². The fraction of sp³-hybridized carbons (Fsp3) is 0.541. The summed E-state index contributed by atoms with van der Waals surface area (Å²) >= 11 is 0. The molecule has 2 atom stereocenters. The first kappa shape index (κ1) is 41.6. The van der Waals surface area contributed by atoms with Gasteiger partial charge < -0.3 is 54.8 Å². The van der Waals surface area contributed by atoms with E-state index in [0.29, 0.717) is 113 Å². The van der Waals surface area contributed by atoms with Gasteiger partial charge in [0, 0.05) is 42.8 Å². The number of fused-ring (bicyclic) bond motifs is 1. The van der Waals surface area contributed by atoms with Crippen LogP contribution in [0.15, 0.2) is 42.5 Å².